The summed E-state index contributed by atoms with van der Waals surface area (Å²) < 4.78 is 0. The van der Waals surface area contributed by atoms with Crippen LogP contribution in [0.3, 0.4) is 0 Å². The minimum absolute atomic E-state index is 0.150. The molecule has 0 aromatic heterocycles. The van der Waals surface area contributed by atoms with Gasteiger partial charge in [-0.25, -0.2) is 0 Å². The van der Waals surface area contributed by atoms with E-state index in [-0.39, 0.29) is 10.6 Å². The topological polar surface area (TPSA) is 55.2 Å². The Morgan fingerprint density at radius 3 is 2.93 bits per heavy atom. The highest BCUT2D eigenvalue weighted by molar-refractivity contribution is 5.70. The smallest absolute Gasteiger partial charge is 0.270 e. The van der Waals surface area contributed by atoms with Gasteiger partial charge in [-0.05, 0) is 18.4 Å². The third-order valence-corrected chi connectivity index (χ3v) is 2.63. The lowest BCUT2D eigenvalue weighted by molar-refractivity contribution is -0.384. The van der Waals surface area contributed by atoms with Gasteiger partial charge in [-0.15, -0.1) is 0 Å². The van der Waals surface area contributed by atoms with Crippen LogP contribution in [0.2, 0.25) is 0 Å². The number of nitro benzene ring substituents is 1. The number of nitrogens with zero attached hydrogens (tertiary/aromatic N) is 1. The van der Waals surface area contributed by atoms with Gasteiger partial charge in [0, 0.05) is 30.4 Å². The molecule has 1 aliphatic rings. The second-order valence-corrected chi connectivity index (χ2v) is 3.51. The lowest BCUT2D eigenvalue weighted by Crippen LogP contribution is -2.11. The Bertz CT molecular complexity index is 438. The largest absolute Gasteiger partial charge is 0.388 e. The highest BCUT2D eigenvalue weighted by Gasteiger charge is 2.15. The van der Waals surface area contributed by atoms with Crippen LogP contribution in [0, 0.1) is 10.1 Å². The minimum atomic E-state index is -0.359. The van der Waals surface area contributed by atoms with Crippen LogP contribution in [0.4, 0.5) is 5.69 Å². The summed E-state index contributed by atoms with van der Waals surface area (Å²) in [6.07, 6.45) is 4.02. The lowest BCUT2D eigenvalue weighted by atomic mass is 9.94. The fraction of sp³-hybridized carbons (Fsp3) is 0.273. The first-order chi connectivity index (χ1) is 7.22. The van der Waals surface area contributed by atoms with Crippen molar-refractivity contribution < 1.29 is 4.92 Å². The summed E-state index contributed by atoms with van der Waals surface area (Å²) in [5.41, 5.74) is 3.27. The molecule has 4 nitrogen and oxygen atoms in total. The Morgan fingerprint density at radius 2 is 2.27 bits per heavy atom. The van der Waals surface area contributed by atoms with Crippen LogP contribution >= 0.6 is 0 Å². The van der Waals surface area contributed by atoms with Crippen LogP contribution < -0.4 is 5.32 Å². The second-order valence-electron chi connectivity index (χ2n) is 3.51. The number of non-ortho nitro benzene ring substituents is 1. The van der Waals surface area contributed by atoms with Gasteiger partial charge in [0.05, 0.1) is 4.92 Å². The third kappa shape index (κ3) is 1.70. The van der Waals surface area contributed by atoms with Crippen molar-refractivity contribution in [1.82, 2.24) is 5.32 Å². The Hall–Kier alpha value is -1.84. The van der Waals surface area contributed by atoms with Gasteiger partial charge in [0.2, 0.25) is 0 Å². The molecule has 4 heteroatoms. The summed E-state index contributed by atoms with van der Waals surface area (Å²) in [5, 5.41) is 13.7. The van der Waals surface area contributed by atoms with E-state index in [0.717, 1.165) is 24.1 Å². The molecule has 0 heterocycles. The van der Waals surface area contributed by atoms with Crippen molar-refractivity contribution in [3.63, 3.8) is 0 Å². The van der Waals surface area contributed by atoms with Crippen molar-refractivity contribution in [3.05, 3.63) is 45.5 Å². The molecule has 1 N–H and O–H groups in total. The molecule has 1 aromatic carbocycles. The fourth-order valence-electron chi connectivity index (χ4n) is 1.87. The zero-order chi connectivity index (χ0) is 10.8. The molecule has 0 spiro atoms. The number of hydrogen-bond acceptors (Lipinski definition) is 3. The molecule has 15 heavy (non-hydrogen) atoms. The highest BCUT2D eigenvalue weighted by Crippen LogP contribution is 2.27. The molecule has 0 amide bonds. The van der Waals surface area contributed by atoms with Crippen molar-refractivity contribution >= 4 is 11.4 Å². The number of hydrogen-bond donors (Lipinski definition) is 1. The van der Waals surface area contributed by atoms with Gasteiger partial charge < -0.3 is 5.32 Å². The van der Waals surface area contributed by atoms with Crippen LogP contribution in [0.15, 0.2) is 24.3 Å². The quantitative estimate of drug-likeness (QED) is 0.593. The average Bonchev–Trinajstić information content (AvgIpc) is 2.27. The molecule has 78 valence electrons. The molecule has 1 aromatic rings. The Balaban J connectivity index is 2.51. The van der Waals surface area contributed by atoms with Gasteiger partial charge in [-0.3, -0.25) is 10.1 Å². The van der Waals surface area contributed by atoms with E-state index < -0.39 is 0 Å². The molecule has 0 atom stereocenters. The van der Waals surface area contributed by atoms with Crippen molar-refractivity contribution in [3.8, 4) is 0 Å². The van der Waals surface area contributed by atoms with Crippen LogP contribution in [0.1, 0.15) is 17.5 Å². The van der Waals surface area contributed by atoms with Gasteiger partial charge in [0.15, 0.2) is 0 Å². The lowest BCUT2D eigenvalue weighted by Gasteiger charge is -2.16. The SMILES string of the molecule is CNC1=CCCc2ccc([N+](=O)[O-])cc21. The zero-order valence-electron chi connectivity index (χ0n) is 8.49. The zero-order valence-corrected chi connectivity index (χ0v) is 8.49. The van der Waals surface area contributed by atoms with Crippen molar-refractivity contribution in [2.75, 3.05) is 7.05 Å². The van der Waals surface area contributed by atoms with E-state index in [0.29, 0.717) is 0 Å². The minimum Gasteiger partial charge on any atom is -0.388 e. The maximum Gasteiger partial charge on any atom is 0.270 e. The van der Waals surface area contributed by atoms with E-state index in [9.17, 15) is 10.1 Å². The molecule has 0 bridgehead atoms. The summed E-state index contributed by atoms with van der Waals surface area (Å²) in [6, 6.07) is 5.05. The number of benzene rings is 1. The van der Waals surface area contributed by atoms with Gasteiger partial charge in [-0.2, -0.15) is 0 Å². The van der Waals surface area contributed by atoms with Gasteiger partial charge >= 0.3 is 0 Å². The monoisotopic (exact) mass is 204 g/mol. The molecule has 0 saturated carbocycles. The molecule has 1 aliphatic carbocycles. The molecular formula is C11H12N2O2. The maximum absolute atomic E-state index is 10.6. The van der Waals surface area contributed by atoms with Crippen molar-refractivity contribution in [1.29, 1.82) is 0 Å². The van der Waals surface area contributed by atoms with Gasteiger partial charge in [0.1, 0.15) is 0 Å². The van der Waals surface area contributed by atoms with E-state index in [4.69, 9.17) is 0 Å². The van der Waals surface area contributed by atoms with Crippen LogP contribution in [-0.2, 0) is 6.42 Å². The van der Waals surface area contributed by atoms with E-state index in [2.05, 4.69) is 11.4 Å². The van der Waals surface area contributed by atoms with E-state index in [1.807, 2.05) is 13.1 Å². The molecule has 0 aliphatic heterocycles. The first-order valence-electron chi connectivity index (χ1n) is 4.88. The predicted octanol–water partition coefficient (Wildman–Crippen LogP) is 2.10. The molecule has 2 rings (SSSR count). The molecule has 0 fully saturated rings. The number of fused-ring (bicyclic) bond motifs is 1. The number of allylic oxidation sites excluding steroid dienone is 1. The Kier molecular flexibility index (Phi) is 2.41. The standard InChI is InChI=1S/C11H12N2O2/c1-12-11-4-2-3-8-5-6-9(13(14)15)7-10(8)11/h4-7,12H,2-3H2,1H3. The number of aryl methyl sites for hydroxylation is 1. The van der Waals surface area contributed by atoms with Crippen LogP contribution in [0.25, 0.3) is 5.70 Å². The summed E-state index contributed by atoms with van der Waals surface area (Å²) in [5.74, 6) is 0. The Labute approximate surface area is 87.8 Å². The molecule has 0 unspecified atom stereocenters. The molecule has 0 radical (unpaired) electrons. The summed E-state index contributed by atoms with van der Waals surface area (Å²) in [6.45, 7) is 0. The highest BCUT2D eigenvalue weighted by atomic mass is 16.6. The van der Waals surface area contributed by atoms with E-state index >= 15 is 0 Å². The summed E-state index contributed by atoms with van der Waals surface area (Å²) in [7, 11) is 1.83. The number of nitrogens with one attached hydrogen (secondary N) is 1. The number of rotatable bonds is 2. The van der Waals surface area contributed by atoms with Crippen LogP contribution in [0.5, 0.6) is 0 Å². The summed E-state index contributed by atoms with van der Waals surface area (Å²) in [4.78, 5) is 10.3. The second kappa shape index (κ2) is 3.73. The maximum atomic E-state index is 10.6. The average molecular weight is 204 g/mol. The first kappa shape index (κ1) is 9.71. The fourth-order valence-corrected chi connectivity index (χ4v) is 1.87. The van der Waals surface area contributed by atoms with Crippen LogP contribution in [-0.4, -0.2) is 12.0 Å². The normalized spacial score (nSPS) is 14.1. The van der Waals surface area contributed by atoms with Crippen molar-refractivity contribution in [2.45, 2.75) is 12.8 Å². The molecule has 0 saturated heterocycles. The van der Waals surface area contributed by atoms with E-state index in [1.165, 1.54) is 5.56 Å². The van der Waals surface area contributed by atoms with Gasteiger partial charge in [0.25, 0.3) is 5.69 Å². The predicted molar refractivity (Wildman–Crippen MR) is 58.5 cm³/mol. The number of nitro groups is 1. The van der Waals surface area contributed by atoms with Gasteiger partial charge in [-0.1, -0.05) is 12.1 Å². The summed E-state index contributed by atoms with van der Waals surface area (Å²) >= 11 is 0. The third-order valence-electron chi connectivity index (χ3n) is 2.63. The van der Waals surface area contributed by atoms with E-state index in [1.54, 1.807) is 12.1 Å². The molecular weight excluding hydrogens is 192 g/mol. The first-order valence-corrected chi connectivity index (χ1v) is 4.88. The Morgan fingerprint density at radius 1 is 1.47 bits per heavy atom. The van der Waals surface area contributed by atoms with Crippen molar-refractivity contribution in [2.24, 2.45) is 0 Å².